The van der Waals surface area contributed by atoms with Crippen LogP contribution in [0.3, 0.4) is 0 Å². The highest BCUT2D eigenvalue weighted by Gasteiger charge is 2.16. The van der Waals surface area contributed by atoms with Gasteiger partial charge >= 0.3 is 0 Å². The molecular formula is C13H15BrN2O2S. The lowest BCUT2D eigenvalue weighted by molar-refractivity contribution is 0.0972. The molecule has 4 nitrogen and oxygen atoms in total. The summed E-state index contributed by atoms with van der Waals surface area (Å²) in [6.45, 7) is 1.44. The molecule has 0 aliphatic carbocycles. The monoisotopic (exact) mass is 342 g/mol. The highest BCUT2D eigenvalue weighted by atomic mass is 79.9. The Hall–Kier alpha value is -0.980. The second-order valence-electron chi connectivity index (χ2n) is 4.28. The van der Waals surface area contributed by atoms with E-state index >= 15 is 0 Å². The van der Waals surface area contributed by atoms with Crippen molar-refractivity contribution in [2.75, 3.05) is 13.2 Å². The smallest absolute Gasteiger partial charge is 0.258 e. The van der Waals surface area contributed by atoms with Gasteiger partial charge in [-0.2, -0.15) is 0 Å². The molecule has 0 aromatic heterocycles. The van der Waals surface area contributed by atoms with Crippen molar-refractivity contribution in [3.63, 3.8) is 0 Å². The molecule has 1 aliphatic rings. The normalized spacial score (nSPS) is 18.1. The first-order chi connectivity index (χ1) is 9.16. The number of carbonyl (C=O) groups is 1. The van der Waals surface area contributed by atoms with Gasteiger partial charge in [-0.05, 0) is 53.1 Å². The summed E-state index contributed by atoms with van der Waals surface area (Å²) in [6, 6.07) is 7.22. The van der Waals surface area contributed by atoms with Crippen molar-refractivity contribution < 1.29 is 9.53 Å². The molecule has 1 fully saturated rings. The Morgan fingerprint density at radius 3 is 2.95 bits per heavy atom. The molecule has 6 heteroatoms. The summed E-state index contributed by atoms with van der Waals surface area (Å²) in [4.78, 5) is 12.0. The highest BCUT2D eigenvalue weighted by molar-refractivity contribution is 9.10. The van der Waals surface area contributed by atoms with Crippen molar-refractivity contribution in [2.45, 2.75) is 18.9 Å². The van der Waals surface area contributed by atoms with Crippen LogP contribution in [0.5, 0.6) is 0 Å². The molecule has 102 valence electrons. The van der Waals surface area contributed by atoms with Crippen molar-refractivity contribution >= 4 is 39.2 Å². The highest BCUT2D eigenvalue weighted by Crippen LogP contribution is 2.15. The standard InChI is InChI=1S/C13H15BrN2O2S/c14-11-6-2-1-5-10(11)12(17)16-13(19)15-8-9-4-3-7-18-9/h1-2,5-6,9H,3-4,7-8H2,(H2,15,16,17,19)/t9-/m0/s1. The molecule has 1 amide bonds. The average molecular weight is 343 g/mol. The number of thiocarbonyl (C=S) groups is 1. The maximum absolute atomic E-state index is 12.0. The van der Waals surface area contributed by atoms with Gasteiger partial charge in [-0.1, -0.05) is 12.1 Å². The minimum absolute atomic E-state index is 0.193. The van der Waals surface area contributed by atoms with Crippen LogP contribution >= 0.6 is 28.1 Å². The van der Waals surface area contributed by atoms with Crippen LogP contribution in [0.4, 0.5) is 0 Å². The third-order valence-corrected chi connectivity index (χ3v) is 3.80. The fourth-order valence-corrected chi connectivity index (χ4v) is 2.51. The van der Waals surface area contributed by atoms with Crippen LogP contribution in [0.25, 0.3) is 0 Å². The number of hydrogen-bond acceptors (Lipinski definition) is 3. The van der Waals surface area contributed by atoms with E-state index in [1.807, 2.05) is 18.2 Å². The average Bonchev–Trinajstić information content (AvgIpc) is 2.90. The van der Waals surface area contributed by atoms with Crippen LogP contribution in [-0.4, -0.2) is 30.3 Å². The molecule has 2 rings (SSSR count). The first-order valence-corrected chi connectivity index (χ1v) is 7.32. The van der Waals surface area contributed by atoms with Gasteiger partial charge in [0, 0.05) is 17.6 Å². The third kappa shape index (κ3) is 4.26. The van der Waals surface area contributed by atoms with Crippen molar-refractivity contribution in [2.24, 2.45) is 0 Å². The van der Waals surface area contributed by atoms with E-state index in [2.05, 4.69) is 26.6 Å². The first-order valence-electron chi connectivity index (χ1n) is 6.12. The Labute approximate surface area is 126 Å². The van der Waals surface area contributed by atoms with E-state index in [0.29, 0.717) is 17.2 Å². The molecule has 1 aromatic carbocycles. The molecule has 0 saturated carbocycles. The third-order valence-electron chi connectivity index (χ3n) is 2.86. The summed E-state index contributed by atoms with van der Waals surface area (Å²) in [5.74, 6) is -0.225. The summed E-state index contributed by atoms with van der Waals surface area (Å²) in [5, 5.41) is 5.99. The van der Waals surface area contributed by atoms with Crippen LogP contribution < -0.4 is 10.6 Å². The number of halogens is 1. The number of nitrogens with one attached hydrogen (secondary N) is 2. The number of ether oxygens (including phenoxy) is 1. The molecule has 1 heterocycles. The molecule has 1 aromatic rings. The van der Waals surface area contributed by atoms with E-state index in [1.165, 1.54) is 0 Å². The van der Waals surface area contributed by atoms with Crippen LogP contribution in [0.15, 0.2) is 28.7 Å². The predicted octanol–water partition coefficient (Wildman–Crippen LogP) is 2.23. The van der Waals surface area contributed by atoms with Crippen molar-refractivity contribution in [3.8, 4) is 0 Å². The van der Waals surface area contributed by atoms with E-state index in [9.17, 15) is 4.79 Å². The molecule has 1 saturated heterocycles. The maximum atomic E-state index is 12.0. The van der Waals surface area contributed by atoms with Crippen LogP contribution in [0.1, 0.15) is 23.2 Å². The zero-order valence-corrected chi connectivity index (χ0v) is 12.7. The van der Waals surface area contributed by atoms with Crippen LogP contribution in [0, 0.1) is 0 Å². The summed E-state index contributed by atoms with van der Waals surface area (Å²) in [6.07, 6.45) is 2.31. The Morgan fingerprint density at radius 2 is 2.26 bits per heavy atom. The topological polar surface area (TPSA) is 50.4 Å². The molecule has 0 bridgehead atoms. The fourth-order valence-electron chi connectivity index (χ4n) is 1.87. The first kappa shape index (κ1) is 14.4. The molecule has 1 aliphatic heterocycles. The summed E-state index contributed by atoms with van der Waals surface area (Å²) in [5.41, 5.74) is 0.559. The zero-order valence-electron chi connectivity index (χ0n) is 10.3. The fraction of sp³-hybridized carbons (Fsp3) is 0.385. The van der Waals surface area contributed by atoms with Gasteiger partial charge in [-0.3, -0.25) is 10.1 Å². The van der Waals surface area contributed by atoms with Crippen LogP contribution in [0.2, 0.25) is 0 Å². The minimum Gasteiger partial charge on any atom is -0.376 e. The number of hydrogen-bond donors (Lipinski definition) is 2. The lowest BCUT2D eigenvalue weighted by Gasteiger charge is -2.13. The van der Waals surface area contributed by atoms with Gasteiger partial charge in [0.1, 0.15) is 0 Å². The van der Waals surface area contributed by atoms with Crippen molar-refractivity contribution in [1.29, 1.82) is 0 Å². The van der Waals surface area contributed by atoms with Gasteiger partial charge in [-0.25, -0.2) is 0 Å². The van der Waals surface area contributed by atoms with Gasteiger partial charge in [0.25, 0.3) is 5.91 Å². The van der Waals surface area contributed by atoms with E-state index in [4.69, 9.17) is 17.0 Å². The van der Waals surface area contributed by atoms with Crippen LogP contribution in [-0.2, 0) is 4.74 Å². The van der Waals surface area contributed by atoms with Crippen molar-refractivity contribution in [1.82, 2.24) is 10.6 Å². The van der Waals surface area contributed by atoms with Gasteiger partial charge in [0.2, 0.25) is 0 Å². The predicted molar refractivity (Wildman–Crippen MR) is 81.2 cm³/mol. The van der Waals surface area contributed by atoms with Crippen molar-refractivity contribution in [3.05, 3.63) is 34.3 Å². The molecule has 0 radical (unpaired) electrons. The minimum atomic E-state index is -0.225. The molecule has 0 unspecified atom stereocenters. The van der Waals surface area contributed by atoms with E-state index in [1.54, 1.807) is 6.07 Å². The number of rotatable bonds is 3. The summed E-state index contributed by atoms with van der Waals surface area (Å²) >= 11 is 8.43. The van der Waals surface area contributed by atoms with E-state index in [-0.39, 0.29) is 12.0 Å². The number of benzene rings is 1. The number of carbonyl (C=O) groups excluding carboxylic acids is 1. The lowest BCUT2D eigenvalue weighted by atomic mass is 10.2. The quantitative estimate of drug-likeness (QED) is 0.827. The Morgan fingerprint density at radius 1 is 1.47 bits per heavy atom. The van der Waals surface area contributed by atoms with Gasteiger partial charge in [0.05, 0.1) is 11.7 Å². The summed E-state index contributed by atoms with van der Waals surface area (Å²) < 4.78 is 6.21. The summed E-state index contributed by atoms with van der Waals surface area (Å²) in [7, 11) is 0. The molecular weight excluding hydrogens is 328 g/mol. The van der Waals surface area contributed by atoms with Gasteiger partial charge < -0.3 is 10.1 Å². The molecule has 19 heavy (non-hydrogen) atoms. The molecule has 1 atom stereocenters. The zero-order chi connectivity index (χ0) is 13.7. The Kier molecular flexibility index (Phi) is 5.30. The largest absolute Gasteiger partial charge is 0.376 e. The Bertz CT molecular complexity index is 475. The molecule has 2 N–H and O–H groups in total. The SMILES string of the molecule is O=C(NC(=S)NC[C@@H]1CCCO1)c1ccccc1Br. The van der Waals surface area contributed by atoms with E-state index in [0.717, 1.165) is 23.9 Å². The molecule has 0 spiro atoms. The maximum Gasteiger partial charge on any atom is 0.258 e. The second-order valence-corrected chi connectivity index (χ2v) is 5.54. The van der Waals surface area contributed by atoms with Gasteiger partial charge in [0.15, 0.2) is 5.11 Å². The van der Waals surface area contributed by atoms with Gasteiger partial charge in [-0.15, -0.1) is 0 Å². The Balaban J connectivity index is 1.81. The second kappa shape index (κ2) is 6.98. The van der Waals surface area contributed by atoms with E-state index < -0.39 is 0 Å². The lowest BCUT2D eigenvalue weighted by Crippen LogP contribution is -2.42. The number of amides is 1.